The van der Waals surface area contributed by atoms with Gasteiger partial charge in [0.2, 0.25) is 0 Å². The second-order valence-electron chi connectivity index (χ2n) is 4.91. The Hall–Kier alpha value is -1.51. The first-order chi connectivity index (χ1) is 9.63. The molecule has 0 bridgehead atoms. The molecule has 0 aliphatic rings. The third-order valence-electron chi connectivity index (χ3n) is 3.51. The van der Waals surface area contributed by atoms with E-state index in [-0.39, 0.29) is 6.04 Å². The SMILES string of the molecule is CNC(Cc1cccc(OC)c1)c1ccc(Cl)c(C)c1. The van der Waals surface area contributed by atoms with Crippen LogP contribution < -0.4 is 10.1 Å². The van der Waals surface area contributed by atoms with Crippen molar-refractivity contribution in [1.29, 1.82) is 0 Å². The molecule has 1 unspecified atom stereocenters. The Morgan fingerprint density at radius 2 is 2.00 bits per heavy atom. The summed E-state index contributed by atoms with van der Waals surface area (Å²) < 4.78 is 5.27. The van der Waals surface area contributed by atoms with Crippen molar-refractivity contribution in [2.45, 2.75) is 19.4 Å². The van der Waals surface area contributed by atoms with Gasteiger partial charge < -0.3 is 10.1 Å². The van der Waals surface area contributed by atoms with Crippen molar-refractivity contribution < 1.29 is 4.74 Å². The number of benzene rings is 2. The fourth-order valence-electron chi connectivity index (χ4n) is 2.31. The quantitative estimate of drug-likeness (QED) is 0.892. The van der Waals surface area contributed by atoms with Crippen molar-refractivity contribution in [3.8, 4) is 5.75 Å². The summed E-state index contributed by atoms with van der Waals surface area (Å²) in [6.45, 7) is 2.03. The number of likely N-dealkylation sites (N-methyl/N-ethyl adjacent to an activating group) is 1. The molecule has 0 amide bonds. The molecule has 0 aliphatic heterocycles. The number of halogens is 1. The van der Waals surface area contributed by atoms with Crippen LogP contribution >= 0.6 is 11.6 Å². The van der Waals surface area contributed by atoms with Crippen molar-refractivity contribution in [2.75, 3.05) is 14.2 Å². The van der Waals surface area contributed by atoms with Gasteiger partial charge in [0.05, 0.1) is 7.11 Å². The number of rotatable bonds is 5. The third kappa shape index (κ3) is 3.53. The zero-order chi connectivity index (χ0) is 14.5. The molecule has 1 atom stereocenters. The van der Waals surface area contributed by atoms with Gasteiger partial charge in [-0.1, -0.05) is 35.9 Å². The Bertz CT molecular complexity index is 583. The Morgan fingerprint density at radius 3 is 2.65 bits per heavy atom. The molecule has 20 heavy (non-hydrogen) atoms. The van der Waals surface area contributed by atoms with E-state index in [1.54, 1.807) is 7.11 Å². The van der Waals surface area contributed by atoms with E-state index in [4.69, 9.17) is 16.3 Å². The van der Waals surface area contributed by atoms with Crippen LogP contribution in [0.1, 0.15) is 22.7 Å². The Kier molecular flexibility index (Phi) is 5.05. The van der Waals surface area contributed by atoms with E-state index in [2.05, 4.69) is 29.6 Å². The van der Waals surface area contributed by atoms with Gasteiger partial charge in [-0.05, 0) is 55.3 Å². The molecule has 3 heteroatoms. The van der Waals surface area contributed by atoms with Crippen molar-refractivity contribution in [3.05, 3.63) is 64.2 Å². The normalized spacial score (nSPS) is 12.2. The molecule has 106 valence electrons. The number of ether oxygens (including phenoxy) is 1. The minimum atomic E-state index is 0.262. The predicted octanol–water partition coefficient (Wildman–Crippen LogP) is 4.16. The van der Waals surface area contributed by atoms with Crippen molar-refractivity contribution >= 4 is 11.6 Å². The lowest BCUT2D eigenvalue weighted by molar-refractivity contribution is 0.414. The van der Waals surface area contributed by atoms with Gasteiger partial charge in [-0.3, -0.25) is 0 Å². The predicted molar refractivity (Wildman–Crippen MR) is 84.7 cm³/mol. The fraction of sp³-hybridized carbons (Fsp3) is 0.294. The molecular formula is C17H20ClNO. The summed E-state index contributed by atoms with van der Waals surface area (Å²) >= 11 is 6.09. The van der Waals surface area contributed by atoms with Crippen LogP contribution in [0, 0.1) is 6.92 Å². The molecule has 0 saturated carbocycles. The second-order valence-corrected chi connectivity index (χ2v) is 5.31. The third-order valence-corrected chi connectivity index (χ3v) is 3.93. The van der Waals surface area contributed by atoms with E-state index in [0.717, 1.165) is 22.8 Å². The number of aryl methyl sites for hydroxylation is 1. The maximum atomic E-state index is 6.09. The summed E-state index contributed by atoms with van der Waals surface area (Å²) in [7, 11) is 3.67. The van der Waals surface area contributed by atoms with Gasteiger partial charge >= 0.3 is 0 Å². The number of hydrogen-bond acceptors (Lipinski definition) is 2. The van der Waals surface area contributed by atoms with Gasteiger partial charge in [0, 0.05) is 11.1 Å². The van der Waals surface area contributed by atoms with Crippen molar-refractivity contribution in [2.24, 2.45) is 0 Å². The first-order valence-electron chi connectivity index (χ1n) is 6.70. The Morgan fingerprint density at radius 1 is 1.20 bits per heavy atom. The van der Waals surface area contributed by atoms with Gasteiger partial charge in [-0.2, -0.15) is 0 Å². The van der Waals surface area contributed by atoms with Gasteiger partial charge in [0.15, 0.2) is 0 Å². The monoisotopic (exact) mass is 289 g/mol. The maximum Gasteiger partial charge on any atom is 0.119 e. The highest BCUT2D eigenvalue weighted by Crippen LogP contribution is 2.24. The minimum Gasteiger partial charge on any atom is -0.497 e. The van der Waals surface area contributed by atoms with Gasteiger partial charge in [-0.15, -0.1) is 0 Å². The highest BCUT2D eigenvalue weighted by atomic mass is 35.5. The van der Waals surface area contributed by atoms with E-state index >= 15 is 0 Å². The second kappa shape index (κ2) is 6.78. The van der Waals surface area contributed by atoms with E-state index in [1.807, 2.05) is 32.2 Å². The van der Waals surface area contributed by atoms with Crippen LogP contribution in [0.2, 0.25) is 5.02 Å². The van der Waals surface area contributed by atoms with Crippen LogP contribution in [0.25, 0.3) is 0 Å². The first kappa shape index (κ1) is 14.9. The molecule has 1 N–H and O–H groups in total. The number of nitrogens with one attached hydrogen (secondary N) is 1. The zero-order valence-electron chi connectivity index (χ0n) is 12.1. The van der Waals surface area contributed by atoms with Crippen molar-refractivity contribution in [3.63, 3.8) is 0 Å². The number of hydrogen-bond donors (Lipinski definition) is 1. The molecular weight excluding hydrogens is 270 g/mol. The molecule has 0 aliphatic carbocycles. The maximum absolute atomic E-state index is 6.09. The lowest BCUT2D eigenvalue weighted by Crippen LogP contribution is -2.19. The summed E-state index contributed by atoms with van der Waals surface area (Å²) in [6, 6.07) is 14.6. The molecule has 0 aromatic heterocycles. The van der Waals surface area contributed by atoms with Crippen LogP contribution in [0.3, 0.4) is 0 Å². The summed E-state index contributed by atoms with van der Waals surface area (Å²) in [5, 5.41) is 4.18. The number of methoxy groups -OCH3 is 1. The Labute approximate surface area is 125 Å². The Balaban J connectivity index is 2.21. The summed E-state index contributed by atoms with van der Waals surface area (Å²) in [6.07, 6.45) is 0.911. The smallest absolute Gasteiger partial charge is 0.119 e. The highest BCUT2D eigenvalue weighted by molar-refractivity contribution is 6.31. The van der Waals surface area contributed by atoms with Crippen LogP contribution in [0.15, 0.2) is 42.5 Å². The summed E-state index contributed by atoms with van der Waals surface area (Å²) in [4.78, 5) is 0. The van der Waals surface area contributed by atoms with Crippen LogP contribution in [-0.2, 0) is 6.42 Å². The highest BCUT2D eigenvalue weighted by Gasteiger charge is 2.11. The lowest BCUT2D eigenvalue weighted by atomic mass is 9.97. The molecule has 2 aromatic rings. The molecule has 0 spiro atoms. The zero-order valence-corrected chi connectivity index (χ0v) is 12.9. The molecule has 2 nitrogen and oxygen atoms in total. The molecule has 0 heterocycles. The summed E-state index contributed by atoms with van der Waals surface area (Å²) in [5.74, 6) is 0.893. The van der Waals surface area contributed by atoms with E-state index in [0.29, 0.717) is 0 Å². The molecule has 2 aromatic carbocycles. The van der Waals surface area contributed by atoms with Crippen LogP contribution in [0.4, 0.5) is 0 Å². The fourth-order valence-corrected chi connectivity index (χ4v) is 2.42. The minimum absolute atomic E-state index is 0.262. The topological polar surface area (TPSA) is 21.3 Å². The van der Waals surface area contributed by atoms with E-state index < -0.39 is 0 Å². The average Bonchev–Trinajstić information content (AvgIpc) is 2.48. The van der Waals surface area contributed by atoms with Crippen LogP contribution in [-0.4, -0.2) is 14.2 Å². The average molecular weight is 290 g/mol. The van der Waals surface area contributed by atoms with Crippen LogP contribution in [0.5, 0.6) is 5.75 Å². The molecule has 0 radical (unpaired) electrons. The molecule has 0 fully saturated rings. The molecule has 0 saturated heterocycles. The van der Waals surface area contributed by atoms with E-state index in [1.165, 1.54) is 11.1 Å². The van der Waals surface area contributed by atoms with Gasteiger partial charge in [-0.25, -0.2) is 0 Å². The van der Waals surface area contributed by atoms with Crippen molar-refractivity contribution in [1.82, 2.24) is 5.32 Å². The standard InChI is InChI=1S/C17H20ClNO/c1-12-9-14(7-8-16(12)18)17(19-2)11-13-5-4-6-15(10-13)20-3/h4-10,17,19H,11H2,1-3H3. The van der Waals surface area contributed by atoms with Gasteiger partial charge in [0.25, 0.3) is 0 Å². The summed E-state index contributed by atoms with van der Waals surface area (Å²) in [5.41, 5.74) is 3.60. The largest absolute Gasteiger partial charge is 0.497 e. The van der Waals surface area contributed by atoms with Gasteiger partial charge in [0.1, 0.15) is 5.75 Å². The lowest BCUT2D eigenvalue weighted by Gasteiger charge is -2.18. The molecule has 2 rings (SSSR count). The first-order valence-corrected chi connectivity index (χ1v) is 7.08. The van der Waals surface area contributed by atoms with E-state index in [9.17, 15) is 0 Å².